The highest BCUT2D eigenvalue weighted by molar-refractivity contribution is 6.29. The summed E-state index contributed by atoms with van der Waals surface area (Å²) in [6.07, 6.45) is 0. The molecule has 0 bridgehead atoms. The summed E-state index contributed by atoms with van der Waals surface area (Å²) in [4.78, 5) is 14.5. The predicted octanol–water partition coefficient (Wildman–Crippen LogP) is 3.82. The van der Waals surface area contributed by atoms with E-state index in [4.69, 9.17) is 16.3 Å². The molecule has 0 amide bonds. The van der Waals surface area contributed by atoms with Crippen LogP contribution >= 0.6 is 11.6 Å². The van der Waals surface area contributed by atoms with Gasteiger partial charge in [0.05, 0.1) is 18.1 Å². The van der Waals surface area contributed by atoms with Crippen LogP contribution in [0.3, 0.4) is 0 Å². The number of anilines is 1. The average Bonchev–Trinajstić information content (AvgIpc) is 2.46. The Morgan fingerprint density at radius 1 is 1.33 bits per heavy atom. The van der Waals surface area contributed by atoms with Gasteiger partial charge >= 0.3 is 5.69 Å². The van der Waals surface area contributed by atoms with Gasteiger partial charge in [0.25, 0.3) is 0 Å². The fraction of sp³-hybridized carbons (Fsp3) is 0.214. The van der Waals surface area contributed by atoms with Crippen LogP contribution < -0.4 is 10.1 Å². The van der Waals surface area contributed by atoms with Gasteiger partial charge in [0, 0.05) is 11.6 Å². The molecular formula is C14H14ClN3O3. The van der Waals surface area contributed by atoms with Gasteiger partial charge in [-0.25, -0.2) is 4.98 Å². The lowest BCUT2D eigenvalue weighted by molar-refractivity contribution is -0.384. The van der Waals surface area contributed by atoms with Crippen LogP contribution in [0.1, 0.15) is 18.5 Å². The van der Waals surface area contributed by atoms with Crippen LogP contribution in [0.25, 0.3) is 0 Å². The Morgan fingerprint density at radius 3 is 2.71 bits per heavy atom. The fourth-order valence-electron chi connectivity index (χ4n) is 1.99. The molecule has 7 heteroatoms. The normalized spacial score (nSPS) is 11.8. The van der Waals surface area contributed by atoms with Gasteiger partial charge in [-0.05, 0) is 19.1 Å². The molecule has 0 fully saturated rings. The van der Waals surface area contributed by atoms with E-state index in [0.29, 0.717) is 5.75 Å². The molecule has 110 valence electrons. The minimum absolute atomic E-state index is 0.124. The van der Waals surface area contributed by atoms with E-state index in [-0.39, 0.29) is 22.7 Å². The molecule has 0 radical (unpaired) electrons. The highest BCUT2D eigenvalue weighted by Crippen LogP contribution is 2.31. The predicted molar refractivity (Wildman–Crippen MR) is 80.9 cm³/mol. The molecule has 0 saturated heterocycles. The summed E-state index contributed by atoms with van der Waals surface area (Å²) >= 11 is 5.81. The monoisotopic (exact) mass is 307 g/mol. The first-order chi connectivity index (χ1) is 10.0. The van der Waals surface area contributed by atoms with Gasteiger partial charge in [-0.3, -0.25) is 10.1 Å². The number of nitrogens with one attached hydrogen (secondary N) is 1. The number of para-hydroxylation sites is 1. The number of nitrogens with zero attached hydrogens (tertiary/aromatic N) is 2. The third-order valence-corrected chi connectivity index (χ3v) is 3.21. The molecule has 0 spiro atoms. The van der Waals surface area contributed by atoms with E-state index >= 15 is 0 Å². The molecule has 2 aromatic rings. The van der Waals surface area contributed by atoms with Crippen molar-refractivity contribution in [3.63, 3.8) is 0 Å². The molecule has 2 rings (SSSR count). The lowest BCUT2D eigenvalue weighted by Gasteiger charge is -2.17. The van der Waals surface area contributed by atoms with Crippen LogP contribution in [0, 0.1) is 10.1 Å². The van der Waals surface area contributed by atoms with Gasteiger partial charge in [0.2, 0.25) is 5.82 Å². The summed E-state index contributed by atoms with van der Waals surface area (Å²) in [7, 11) is 1.58. The summed E-state index contributed by atoms with van der Waals surface area (Å²) in [6, 6.07) is 9.92. The second kappa shape index (κ2) is 6.41. The number of methoxy groups -OCH3 is 1. The van der Waals surface area contributed by atoms with E-state index in [1.807, 2.05) is 31.2 Å². The molecule has 0 aliphatic heterocycles. The van der Waals surface area contributed by atoms with Crippen LogP contribution in [0.5, 0.6) is 5.75 Å². The van der Waals surface area contributed by atoms with Gasteiger partial charge in [-0.1, -0.05) is 29.8 Å². The van der Waals surface area contributed by atoms with Crippen molar-refractivity contribution in [1.82, 2.24) is 4.98 Å². The van der Waals surface area contributed by atoms with Crippen molar-refractivity contribution in [2.75, 3.05) is 12.4 Å². The molecule has 6 nitrogen and oxygen atoms in total. The van der Waals surface area contributed by atoms with Crippen molar-refractivity contribution < 1.29 is 9.66 Å². The zero-order valence-electron chi connectivity index (χ0n) is 11.5. The van der Waals surface area contributed by atoms with E-state index in [9.17, 15) is 10.1 Å². The smallest absolute Gasteiger partial charge is 0.311 e. The first-order valence-corrected chi connectivity index (χ1v) is 6.61. The summed E-state index contributed by atoms with van der Waals surface area (Å²) in [5.74, 6) is 0.827. The maximum atomic E-state index is 11.0. The standard InChI is InChI=1S/C14H14ClN3O3/c1-9(10-5-3-4-6-12(10)21-2)16-14-11(18(19)20)7-8-13(15)17-14/h3-9H,1-2H3,(H,16,17)/t9-/m0/s1. The van der Waals surface area contributed by atoms with E-state index in [1.165, 1.54) is 12.1 Å². The third kappa shape index (κ3) is 3.41. The van der Waals surface area contributed by atoms with Crippen LogP contribution in [0.2, 0.25) is 5.15 Å². The van der Waals surface area contributed by atoms with Gasteiger partial charge in [0.1, 0.15) is 10.9 Å². The maximum absolute atomic E-state index is 11.0. The largest absolute Gasteiger partial charge is 0.496 e. The van der Waals surface area contributed by atoms with Gasteiger partial charge in [0.15, 0.2) is 0 Å². The Hall–Kier alpha value is -2.34. The third-order valence-electron chi connectivity index (χ3n) is 3.00. The molecule has 0 saturated carbocycles. The Bertz CT molecular complexity index is 664. The Balaban J connectivity index is 2.33. The SMILES string of the molecule is COc1ccccc1[C@H](C)Nc1nc(Cl)ccc1[N+](=O)[O-]. The van der Waals surface area contributed by atoms with Gasteiger partial charge in [-0.2, -0.15) is 0 Å². The number of nitro groups is 1. The second-order valence-corrected chi connectivity index (χ2v) is 4.75. The molecule has 0 unspecified atom stereocenters. The molecule has 1 aromatic heterocycles. The molecular weight excluding hydrogens is 294 g/mol. The number of aromatic nitrogens is 1. The first-order valence-electron chi connectivity index (χ1n) is 6.23. The Labute approximate surface area is 126 Å². The summed E-state index contributed by atoms with van der Waals surface area (Å²) in [5.41, 5.74) is 0.747. The molecule has 1 heterocycles. The minimum Gasteiger partial charge on any atom is -0.496 e. The van der Waals surface area contributed by atoms with Crippen LogP contribution in [-0.2, 0) is 0 Å². The van der Waals surface area contributed by atoms with Crippen LogP contribution in [-0.4, -0.2) is 17.0 Å². The Morgan fingerprint density at radius 2 is 2.05 bits per heavy atom. The maximum Gasteiger partial charge on any atom is 0.311 e. The van der Waals surface area contributed by atoms with Crippen molar-refractivity contribution in [2.24, 2.45) is 0 Å². The number of hydrogen-bond donors (Lipinski definition) is 1. The number of rotatable bonds is 5. The van der Waals surface area contributed by atoms with Crippen molar-refractivity contribution >= 4 is 23.1 Å². The summed E-state index contributed by atoms with van der Waals surface area (Å²) in [5, 5.41) is 14.2. The molecule has 0 aliphatic rings. The highest BCUT2D eigenvalue weighted by Gasteiger charge is 2.19. The zero-order chi connectivity index (χ0) is 15.4. The van der Waals surface area contributed by atoms with Crippen molar-refractivity contribution in [2.45, 2.75) is 13.0 Å². The quantitative estimate of drug-likeness (QED) is 0.516. The molecule has 1 aromatic carbocycles. The second-order valence-electron chi connectivity index (χ2n) is 4.37. The number of hydrogen-bond acceptors (Lipinski definition) is 5. The van der Waals surface area contributed by atoms with Crippen molar-refractivity contribution in [3.8, 4) is 5.75 Å². The Kier molecular flexibility index (Phi) is 4.59. The van der Waals surface area contributed by atoms with E-state index < -0.39 is 4.92 Å². The average molecular weight is 308 g/mol. The van der Waals surface area contributed by atoms with Crippen LogP contribution in [0.15, 0.2) is 36.4 Å². The van der Waals surface area contributed by atoms with Crippen molar-refractivity contribution in [1.29, 1.82) is 0 Å². The van der Waals surface area contributed by atoms with E-state index in [1.54, 1.807) is 7.11 Å². The molecule has 0 aliphatic carbocycles. The molecule has 1 atom stereocenters. The minimum atomic E-state index is -0.499. The molecule has 1 N–H and O–H groups in total. The number of ether oxygens (including phenoxy) is 1. The van der Waals surface area contributed by atoms with E-state index in [2.05, 4.69) is 10.3 Å². The lowest BCUT2D eigenvalue weighted by atomic mass is 10.1. The highest BCUT2D eigenvalue weighted by atomic mass is 35.5. The number of pyridine rings is 1. The first kappa shape index (κ1) is 15.1. The van der Waals surface area contributed by atoms with E-state index in [0.717, 1.165) is 5.56 Å². The van der Waals surface area contributed by atoms with Crippen molar-refractivity contribution in [3.05, 3.63) is 57.2 Å². The molecule has 21 heavy (non-hydrogen) atoms. The number of halogens is 1. The fourth-order valence-corrected chi connectivity index (χ4v) is 2.14. The van der Waals surface area contributed by atoms with Crippen LogP contribution in [0.4, 0.5) is 11.5 Å². The summed E-state index contributed by atoms with van der Waals surface area (Å²) < 4.78 is 5.29. The van der Waals surface area contributed by atoms with Gasteiger partial charge in [-0.15, -0.1) is 0 Å². The van der Waals surface area contributed by atoms with Gasteiger partial charge < -0.3 is 10.1 Å². The number of benzene rings is 1. The lowest BCUT2D eigenvalue weighted by Crippen LogP contribution is -2.11. The zero-order valence-corrected chi connectivity index (χ0v) is 12.3. The topological polar surface area (TPSA) is 77.3 Å². The summed E-state index contributed by atoms with van der Waals surface area (Å²) in [6.45, 7) is 1.87.